The third-order valence-corrected chi connectivity index (χ3v) is 17.4. The number of nitrogens with zero attached hydrogens (tertiary/aromatic N) is 12. The van der Waals surface area contributed by atoms with Gasteiger partial charge in [-0.2, -0.15) is 50.0 Å². The molecular formula is C47H63B3Br7Cl11FIK2N14NaO18+. The molecule has 0 bridgehead atoms. The molecule has 105 heavy (non-hydrogen) atoms. The van der Waals surface area contributed by atoms with Crippen LogP contribution in [0.1, 0.15) is 28.0 Å². The number of halogens is 20. The molecule has 580 valence electrons. The average molecular weight is 2340 g/mol. The van der Waals surface area contributed by atoms with Gasteiger partial charge in [0.1, 0.15) is 58.2 Å². The molecule has 0 amide bonds. The number of carbonyl (C=O) groups is 1. The molecule has 7 aromatic rings. The molecule has 0 aliphatic carbocycles. The Hall–Kier alpha value is 2.47. The number of H-pyrrole nitrogens is 2. The first-order valence-electron chi connectivity index (χ1n) is 24.4. The Morgan fingerprint density at radius 3 is 1.05 bits per heavy atom. The molecule has 7 aromatic heterocycles. The minimum absolute atomic E-state index is 0. The molecule has 1 saturated heterocycles. The Morgan fingerprint density at radius 2 is 0.790 bits per heavy atom. The van der Waals surface area contributed by atoms with Crippen molar-refractivity contribution in [3.8, 4) is 17.2 Å². The van der Waals surface area contributed by atoms with E-state index in [-0.39, 0.29) is 277 Å². The van der Waals surface area contributed by atoms with E-state index < -0.39 is 22.2 Å². The van der Waals surface area contributed by atoms with E-state index >= 15 is 0 Å². The van der Waals surface area contributed by atoms with Gasteiger partial charge in [-0.25, -0.2) is 38.9 Å². The smallest absolute Gasteiger partial charge is 0.857 e. The van der Waals surface area contributed by atoms with Gasteiger partial charge in [0.25, 0.3) is 23.7 Å². The van der Waals surface area contributed by atoms with Gasteiger partial charge in [-0.15, -0.1) is 0 Å². The molecule has 5 N–H and O–H groups in total. The Labute approximate surface area is 838 Å². The standard InChI is InChI=1S/C7H9ClN2O2.2C6H6BrClN2O2.2C5H3BrCl2N2O.C4HBrCl2N2O.C4H2Cl2N2O.C3H9B3O3.CH2F.CH3I.CH2O3.CH3O.3CH4.Br2.2K.Na.H2O/c1-4-5(8)6(12-3)7(11)10(2)9-4;2*1-10-6(11)4(12-2)3(8)5(7)9-10;2*1-10-5(11)3(8)2(7)4(6)9-10;5-3-1(6)2(7)4(10)9-8-3;5-2-1-7-8-4(9)3(2)6;1-4-7-5(2)9-6(3)8-4;2*1-2;2-1-4-3;1-2;;;;1-2;;;;/h1-3H3;2*1-2H3;2*1H3;(H,9,10);1H,(H,8,9);1-3H3;1H2;1H3;1,3H;1H3;3*1H4;;;;;1H2/q;;;;;;;;-1;;;-1;;;;;3*+1;/i/hD. The topological polar surface area (TPSA) is 422 Å². The second-order valence-electron chi connectivity index (χ2n) is 15.3. The number of ether oxygens (including phenoxy) is 3. The van der Waals surface area contributed by atoms with E-state index in [9.17, 15) is 38.0 Å². The molecule has 0 radical (unpaired) electrons. The number of hydrogen-bond acceptors (Lipinski definition) is 24. The predicted octanol–water partition coefficient (Wildman–Crippen LogP) is 4.37. The van der Waals surface area contributed by atoms with Gasteiger partial charge < -0.3 is 47.8 Å². The van der Waals surface area contributed by atoms with E-state index in [0.717, 1.165) is 25.8 Å². The van der Waals surface area contributed by atoms with Crippen LogP contribution in [0, 0.1) is 14.1 Å². The van der Waals surface area contributed by atoms with Gasteiger partial charge in [0.2, 0.25) is 17.2 Å². The number of alkyl halides is 1. The first-order chi connectivity index (χ1) is 46.2. The monoisotopic (exact) mass is 2330 g/mol. The van der Waals surface area contributed by atoms with Crippen LogP contribution in [0.2, 0.25) is 75.7 Å². The first-order valence-corrected chi connectivity index (χ1v) is 38.0. The third-order valence-electron chi connectivity index (χ3n) is 9.09. The number of rotatable bonds is 5. The Balaban J connectivity index is -0.0000000923. The van der Waals surface area contributed by atoms with Crippen molar-refractivity contribution >= 4 is 286 Å². The molecule has 1 aliphatic heterocycles. The van der Waals surface area contributed by atoms with E-state index in [4.69, 9.17) is 167 Å². The van der Waals surface area contributed by atoms with Crippen LogP contribution in [0.3, 0.4) is 0 Å². The second kappa shape index (κ2) is 75.2. The number of hydrogen-bond donors (Lipinski definition) is 3. The number of methoxy groups -OCH3 is 3. The fourth-order valence-electron chi connectivity index (χ4n) is 5.11. The van der Waals surface area contributed by atoms with E-state index in [1.54, 1.807) is 21.1 Å². The van der Waals surface area contributed by atoms with Gasteiger partial charge in [0.05, 0.1) is 53.3 Å². The normalized spacial score (nSPS) is 9.68. The summed E-state index contributed by atoms with van der Waals surface area (Å²) in [5.41, 5.74) is -2.22. The summed E-state index contributed by atoms with van der Waals surface area (Å²) in [7, 11) is 13.8. The van der Waals surface area contributed by atoms with Crippen molar-refractivity contribution in [1.29, 1.82) is 1.43 Å². The van der Waals surface area contributed by atoms with Crippen LogP contribution in [-0.2, 0) is 58.6 Å². The zero-order valence-electron chi connectivity index (χ0n) is 56.5. The average Bonchev–Trinajstić information content (AvgIpc) is 0.816. The second-order valence-corrected chi connectivity index (χ2v) is 23.3. The number of aryl methyl sites for hydroxylation is 6. The van der Waals surface area contributed by atoms with Gasteiger partial charge in [-0.3, -0.25) is 38.4 Å². The molecule has 8 rings (SSSR count). The minimum Gasteiger partial charge on any atom is -0.857 e. The Bertz CT molecular complexity index is 3860. The van der Waals surface area contributed by atoms with Gasteiger partial charge in [0.15, 0.2) is 0 Å². The summed E-state index contributed by atoms with van der Waals surface area (Å²) in [6, 6.07) is 0. The molecule has 0 aromatic carbocycles. The van der Waals surface area contributed by atoms with E-state index in [1.807, 2.05) is 25.4 Å². The van der Waals surface area contributed by atoms with Crippen LogP contribution in [0.5, 0.6) is 17.2 Å². The van der Waals surface area contributed by atoms with E-state index in [0.29, 0.717) is 28.7 Å². The van der Waals surface area contributed by atoms with Crippen molar-refractivity contribution < 1.29 is 190 Å². The van der Waals surface area contributed by atoms with Crippen molar-refractivity contribution in [2.45, 2.75) is 49.7 Å². The number of aromatic amines is 2. The Kier molecular flexibility index (Phi) is 93.8. The van der Waals surface area contributed by atoms with Gasteiger partial charge in [-0.05, 0) is 112 Å². The largest absolute Gasteiger partial charge is 1.00 e. The van der Waals surface area contributed by atoms with Crippen LogP contribution < -0.4 is 191 Å². The summed E-state index contributed by atoms with van der Waals surface area (Å²) in [5, 5.41) is 42.6. The summed E-state index contributed by atoms with van der Waals surface area (Å²) in [5.74, 6) is 0.341. The van der Waals surface area contributed by atoms with Crippen molar-refractivity contribution in [2.75, 3.05) is 33.4 Å². The fraction of sp³-hybridized carbons (Fsp3) is 0.362. The summed E-state index contributed by atoms with van der Waals surface area (Å²) < 4.78 is 52.2. The number of nitrogens with one attached hydrogen (secondary N) is 2. The maximum Gasteiger partial charge on any atom is 1.00 e. The molecular weight excluding hydrogens is 2280 g/mol. The summed E-state index contributed by atoms with van der Waals surface area (Å²) in [4.78, 5) is 91.1. The predicted molar refractivity (Wildman–Crippen MR) is 437 cm³/mol. The van der Waals surface area contributed by atoms with Crippen molar-refractivity contribution in [3.05, 3.63) is 170 Å². The summed E-state index contributed by atoms with van der Waals surface area (Å²) in [6.07, 6.45) is 1.27. The minimum atomic E-state index is -0.491. The molecule has 0 atom stereocenters. The zero-order chi connectivity index (χ0) is 78.6. The molecule has 0 saturated carbocycles. The van der Waals surface area contributed by atoms with Crippen LogP contribution in [-0.4, -0.2) is 141 Å². The van der Waals surface area contributed by atoms with Crippen LogP contribution in [0.25, 0.3) is 1.43 Å². The van der Waals surface area contributed by atoms with Gasteiger partial charge in [-0.1, -0.05) is 172 Å². The van der Waals surface area contributed by atoms with Crippen molar-refractivity contribution in [3.63, 3.8) is 0 Å². The van der Waals surface area contributed by atoms with E-state index in [2.05, 4.69) is 187 Å². The quantitative estimate of drug-likeness (QED) is 0.0409. The summed E-state index contributed by atoms with van der Waals surface area (Å²) in [6.45, 7) is 7.30. The van der Waals surface area contributed by atoms with Crippen molar-refractivity contribution in [2.24, 2.45) is 35.2 Å². The maximum absolute atomic E-state index is 11.3. The molecule has 58 heteroatoms. The van der Waals surface area contributed by atoms with Crippen molar-refractivity contribution in [1.82, 2.24) is 69.3 Å². The molecule has 0 unspecified atom stereocenters. The fourth-order valence-corrected chi connectivity index (χ4v) is 9.18. The number of aromatic nitrogens is 14. The van der Waals surface area contributed by atoms with Crippen LogP contribution in [0.4, 0.5) is 4.39 Å². The van der Waals surface area contributed by atoms with Crippen LogP contribution >= 0.6 is 258 Å². The molecule has 8 heterocycles. The molecule has 1 fully saturated rings. The van der Waals surface area contributed by atoms with Gasteiger partial charge >= 0.3 is 177 Å². The molecule has 0 spiro atoms. The van der Waals surface area contributed by atoms with E-state index in [1.165, 1.54) is 60.4 Å². The maximum atomic E-state index is 11.3. The molecule has 32 nitrogen and oxygen atoms in total. The molecule has 1 aliphatic rings. The number of carbonyl (C=O) groups excluding carboxylic acids is 1. The van der Waals surface area contributed by atoms with Gasteiger partial charge in [0, 0.05) is 63.5 Å². The zero-order valence-corrected chi connectivity index (χ0v) is 85.3. The SMILES string of the molecule is BrBr.C.C.C.CB1OB(C)OB(C)O1.CI.COc1c(Cl)c(Br)nn(C)c1=O.COc1c(Cl)c(Br)nn(C)c1=O.COc1c(Cl)c(C)nn(C)c1=O.C[O-].Cn1nc(Br)c(Cl)c(Cl)c1=O.Cn1nc(Br)c(Cl)c(Cl)c1=O.O.O=c1[nH]nc(Br)c(Cl)c1Cl.O=c1[nH]ncc(Cl)c1Cl.[2H]OOC=O.[CH2-]F.[K+].[K+].[Na+]. The first kappa shape index (κ1) is 131. The Morgan fingerprint density at radius 1 is 0.524 bits per heavy atom. The summed E-state index contributed by atoms with van der Waals surface area (Å²) >= 11 is 84.1. The third kappa shape index (κ3) is 50.0. The van der Waals surface area contributed by atoms with Crippen LogP contribution in [0.15, 0.2) is 62.8 Å².